The van der Waals surface area contributed by atoms with Crippen LogP contribution < -0.4 is 0 Å². The van der Waals surface area contributed by atoms with Crippen molar-refractivity contribution in [2.75, 3.05) is 7.11 Å². The minimum atomic E-state index is -0.256. The number of hydrogen-bond donors (Lipinski definition) is 0. The largest absolute Gasteiger partial charge is 0.374 e. The minimum absolute atomic E-state index is 0.256. The molecule has 100 valence electrons. The molecule has 0 aliphatic heterocycles. The Kier molecular flexibility index (Phi) is 4.79. The van der Waals surface area contributed by atoms with Gasteiger partial charge in [0.2, 0.25) is 0 Å². The first kappa shape index (κ1) is 14.7. The van der Waals surface area contributed by atoms with E-state index in [0.717, 1.165) is 10.0 Å². The van der Waals surface area contributed by atoms with Crippen LogP contribution in [0.15, 0.2) is 28.7 Å². The number of rotatable bonds is 3. The summed E-state index contributed by atoms with van der Waals surface area (Å²) in [6, 6.07) is 7.63. The van der Waals surface area contributed by atoms with Crippen molar-refractivity contribution in [1.29, 1.82) is 0 Å². The number of aromatic nitrogens is 2. The van der Waals surface area contributed by atoms with Crippen LogP contribution in [0.2, 0.25) is 10.3 Å². The van der Waals surface area contributed by atoms with Gasteiger partial charge in [0.15, 0.2) is 5.82 Å². The Labute approximate surface area is 130 Å². The fraction of sp³-hybridized carbons (Fsp3) is 0.231. The molecule has 0 amide bonds. The summed E-state index contributed by atoms with van der Waals surface area (Å²) >= 11 is 15.8. The van der Waals surface area contributed by atoms with Gasteiger partial charge >= 0.3 is 0 Å². The van der Waals surface area contributed by atoms with Crippen molar-refractivity contribution >= 4 is 39.1 Å². The molecule has 6 heteroatoms. The highest BCUT2D eigenvalue weighted by atomic mass is 79.9. The van der Waals surface area contributed by atoms with Crippen LogP contribution in [0.25, 0.3) is 11.1 Å². The highest BCUT2D eigenvalue weighted by Gasteiger charge is 2.16. The average Bonchev–Trinajstić information content (AvgIpc) is 2.39. The number of benzene rings is 1. The van der Waals surface area contributed by atoms with Gasteiger partial charge in [-0.1, -0.05) is 51.3 Å². The molecule has 0 N–H and O–H groups in total. The Hall–Kier alpha value is -0.680. The minimum Gasteiger partial charge on any atom is -0.374 e. The molecule has 0 spiro atoms. The van der Waals surface area contributed by atoms with Crippen LogP contribution in [0.5, 0.6) is 0 Å². The van der Waals surface area contributed by atoms with E-state index >= 15 is 0 Å². The van der Waals surface area contributed by atoms with E-state index in [0.29, 0.717) is 21.7 Å². The fourth-order valence-electron chi connectivity index (χ4n) is 1.57. The van der Waals surface area contributed by atoms with Gasteiger partial charge in [-0.15, -0.1) is 0 Å². The van der Waals surface area contributed by atoms with Gasteiger partial charge in [0.05, 0.1) is 5.56 Å². The van der Waals surface area contributed by atoms with E-state index < -0.39 is 0 Å². The van der Waals surface area contributed by atoms with Crippen molar-refractivity contribution in [3.05, 3.63) is 44.9 Å². The predicted molar refractivity (Wildman–Crippen MR) is 80.6 cm³/mol. The zero-order chi connectivity index (χ0) is 14.0. The van der Waals surface area contributed by atoms with Gasteiger partial charge in [0.1, 0.15) is 16.4 Å². The maximum atomic E-state index is 6.21. The molecule has 1 unspecified atom stereocenters. The van der Waals surface area contributed by atoms with E-state index in [-0.39, 0.29) is 6.10 Å². The van der Waals surface area contributed by atoms with E-state index in [2.05, 4.69) is 25.9 Å². The van der Waals surface area contributed by atoms with Crippen LogP contribution in [-0.2, 0) is 4.74 Å². The van der Waals surface area contributed by atoms with E-state index in [1.165, 1.54) is 0 Å². The lowest BCUT2D eigenvalue weighted by molar-refractivity contribution is 0.112. The molecular weight excluding hydrogens is 351 g/mol. The molecule has 0 saturated carbocycles. The van der Waals surface area contributed by atoms with Crippen molar-refractivity contribution < 1.29 is 4.74 Å². The third-order valence-corrected chi connectivity index (χ3v) is 3.76. The van der Waals surface area contributed by atoms with Crippen LogP contribution in [0, 0.1) is 0 Å². The molecule has 0 fully saturated rings. The molecule has 2 rings (SSSR count). The summed E-state index contributed by atoms with van der Waals surface area (Å²) in [6.07, 6.45) is -0.256. The summed E-state index contributed by atoms with van der Waals surface area (Å²) in [7, 11) is 1.58. The first-order valence-electron chi connectivity index (χ1n) is 5.54. The number of ether oxygens (including phenoxy) is 1. The summed E-state index contributed by atoms with van der Waals surface area (Å²) < 4.78 is 6.14. The van der Waals surface area contributed by atoms with Gasteiger partial charge in [-0.05, 0) is 24.6 Å². The first-order chi connectivity index (χ1) is 9.02. The van der Waals surface area contributed by atoms with Gasteiger partial charge < -0.3 is 4.74 Å². The third kappa shape index (κ3) is 3.26. The van der Waals surface area contributed by atoms with Crippen molar-refractivity contribution in [1.82, 2.24) is 9.97 Å². The fourth-order valence-corrected chi connectivity index (χ4v) is 2.45. The Morgan fingerprint density at radius 3 is 2.11 bits per heavy atom. The normalized spacial score (nSPS) is 12.5. The molecule has 1 heterocycles. The van der Waals surface area contributed by atoms with Crippen LogP contribution >= 0.6 is 39.1 Å². The molecule has 1 aromatic carbocycles. The van der Waals surface area contributed by atoms with E-state index in [1.807, 2.05) is 31.2 Å². The predicted octanol–water partition coefficient (Wildman–Crippen LogP) is 4.92. The molecule has 2 aromatic rings. The quantitative estimate of drug-likeness (QED) is 0.727. The summed E-state index contributed by atoms with van der Waals surface area (Å²) in [4.78, 5) is 8.47. The lowest BCUT2D eigenvalue weighted by atomic mass is 10.1. The van der Waals surface area contributed by atoms with Gasteiger partial charge in [0, 0.05) is 11.6 Å². The topological polar surface area (TPSA) is 35.0 Å². The van der Waals surface area contributed by atoms with Crippen molar-refractivity contribution in [3.63, 3.8) is 0 Å². The molecular formula is C13H11BrCl2N2O. The first-order valence-corrected chi connectivity index (χ1v) is 7.09. The smallest absolute Gasteiger partial charge is 0.160 e. The second kappa shape index (κ2) is 6.18. The highest BCUT2D eigenvalue weighted by molar-refractivity contribution is 9.10. The van der Waals surface area contributed by atoms with Crippen LogP contribution in [0.4, 0.5) is 0 Å². The zero-order valence-electron chi connectivity index (χ0n) is 10.3. The van der Waals surface area contributed by atoms with Crippen LogP contribution in [0.1, 0.15) is 18.9 Å². The molecule has 0 radical (unpaired) electrons. The maximum absolute atomic E-state index is 6.21. The summed E-state index contributed by atoms with van der Waals surface area (Å²) in [5.41, 5.74) is 1.50. The summed E-state index contributed by atoms with van der Waals surface area (Å²) in [5.74, 6) is 0.471. The zero-order valence-corrected chi connectivity index (χ0v) is 13.4. The van der Waals surface area contributed by atoms with E-state index in [1.54, 1.807) is 7.11 Å². The standard InChI is InChI=1S/C13H11BrCl2N2O/c1-7(19-2)13-17-11(15)10(12(16)18-13)8-3-5-9(14)6-4-8/h3-7H,1-2H3. The number of hydrogen-bond acceptors (Lipinski definition) is 3. The summed E-state index contributed by atoms with van der Waals surface area (Å²) in [6.45, 7) is 1.83. The van der Waals surface area contributed by atoms with Crippen LogP contribution in [-0.4, -0.2) is 17.1 Å². The Balaban J connectivity index is 2.50. The Bertz CT molecular complexity index is 567. The summed E-state index contributed by atoms with van der Waals surface area (Å²) in [5, 5.41) is 0.641. The van der Waals surface area contributed by atoms with Gasteiger partial charge in [-0.2, -0.15) is 0 Å². The average molecular weight is 362 g/mol. The maximum Gasteiger partial charge on any atom is 0.160 e. The molecule has 1 aromatic heterocycles. The van der Waals surface area contributed by atoms with Crippen molar-refractivity contribution in [2.45, 2.75) is 13.0 Å². The number of nitrogens with zero attached hydrogens (tertiary/aromatic N) is 2. The van der Waals surface area contributed by atoms with E-state index in [4.69, 9.17) is 27.9 Å². The van der Waals surface area contributed by atoms with Gasteiger partial charge in [-0.25, -0.2) is 9.97 Å². The molecule has 19 heavy (non-hydrogen) atoms. The second-order valence-electron chi connectivity index (χ2n) is 3.92. The van der Waals surface area contributed by atoms with Crippen molar-refractivity contribution in [3.8, 4) is 11.1 Å². The molecule has 3 nitrogen and oxygen atoms in total. The molecule has 0 aliphatic rings. The van der Waals surface area contributed by atoms with Crippen LogP contribution in [0.3, 0.4) is 0 Å². The molecule has 0 saturated heterocycles. The third-order valence-electron chi connectivity index (χ3n) is 2.69. The lowest BCUT2D eigenvalue weighted by Gasteiger charge is -2.12. The second-order valence-corrected chi connectivity index (χ2v) is 5.55. The Morgan fingerprint density at radius 1 is 1.11 bits per heavy atom. The molecule has 0 bridgehead atoms. The van der Waals surface area contributed by atoms with Gasteiger partial charge in [0.25, 0.3) is 0 Å². The van der Waals surface area contributed by atoms with Crippen molar-refractivity contribution in [2.24, 2.45) is 0 Å². The monoisotopic (exact) mass is 360 g/mol. The lowest BCUT2D eigenvalue weighted by Crippen LogP contribution is -2.04. The van der Waals surface area contributed by atoms with E-state index in [9.17, 15) is 0 Å². The highest BCUT2D eigenvalue weighted by Crippen LogP contribution is 2.34. The number of methoxy groups -OCH3 is 1. The Morgan fingerprint density at radius 2 is 1.63 bits per heavy atom. The van der Waals surface area contributed by atoms with Gasteiger partial charge in [-0.3, -0.25) is 0 Å². The molecule has 0 aliphatic carbocycles. The SMILES string of the molecule is COC(C)c1nc(Cl)c(-c2ccc(Br)cc2)c(Cl)n1. The number of halogens is 3. The molecule has 1 atom stereocenters.